The highest BCUT2D eigenvalue weighted by atomic mass is 19.2. The number of halogens is 3. The Hall–Kier alpha value is -1.81. The molecule has 0 fully saturated rings. The van der Waals surface area contributed by atoms with Gasteiger partial charge in [0.15, 0.2) is 11.6 Å². The van der Waals surface area contributed by atoms with Gasteiger partial charge in [-0.05, 0) is 23.1 Å². The summed E-state index contributed by atoms with van der Waals surface area (Å²) in [7, 11) is 0. The molecule has 4 heteroatoms. The van der Waals surface area contributed by atoms with Crippen LogP contribution in [0, 0.1) is 17.5 Å². The van der Waals surface area contributed by atoms with Gasteiger partial charge in [-0.3, -0.25) is 0 Å². The van der Waals surface area contributed by atoms with Crippen LogP contribution in [0.15, 0.2) is 36.4 Å². The van der Waals surface area contributed by atoms with E-state index in [1.54, 1.807) is 0 Å². The summed E-state index contributed by atoms with van der Waals surface area (Å²) >= 11 is 0. The first-order valence-electron chi connectivity index (χ1n) is 6.80. The van der Waals surface area contributed by atoms with Gasteiger partial charge in [-0.15, -0.1) is 0 Å². The van der Waals surface area contributed by atoms with Gasteiger partial charge in [-0.1, -0.05) is 38.1 Å². The molecule has 0 heterocycles. The van der Waals surface area contributed by atoms with Crippen molar-refractivity contribution in [2.45, 2.75) is 32.3 Å². The zero-order valence-corrected chi connectivity index (χ0v) is 11.9. The molecule has 0 aliphatic heterocycles. The van der Waals surface area contributed by atoms with Gasteiger partial charge >= 0.3 is 0 Å². The normalized spacial score (nSPS) is 12.7. The van der Waals surface area contributed by atoms with E-state index in [2.05, 4.69) is 13.8 Å². The van der Waals surface area contributed by atoms with Gasteiger partial charge in [0.05, 0.1) is 6.10 Å². The van der Waals surface area contributed by atoms with Crippen LogP contribution in [0.1, 0.15) is 42.6 Å². The van der Waals surface area contributed by atoms with Crippen molar-refractivity contribution in [1.82, 2.24) is 0 Å². The van der Waals surface area contributed by atoms with Gasteiger partial charge in [0, 0.05) is 18.1 Å². The molecule has 112 valence electrons. The van der Waals surface area contributed by atoms with Crippen molar-refractivity contribution in [3.05, 3.63) is 70.5 Å². The predicted molar refractivity (Wildman–Crippen MR) is 75.5 cm³/mol. The predicted octanol–water partition coefficient (Wildman–Crippen LogP) is 4.50. The Kier molecular flexibility index (Phi) is 4.68. The minimum Gasteiger partial charge on any atom is -0.388 e. The standard InChI is InChI=1S/C17H17F3O/c1-10(2)12-5-3-11(4-6-12)7-17(21)13-8-15(19)16(20)9-14(13)18/h3-6,8-10,17,21H,7H2,1-2H3. The molecular formula is C17H17F3O. The van der Waals surface area contributed by atoms with Crippen LogP contribution in [0.2, 0.25) is 0 Å². The first-order valence-corrected chi connectivity index (χ1v) is 6.80. The Labute approximate surface area is 122 Å². The lowest BCUT2D eigenvalue weighted by molar-refractivity contribution is 0.172. The number of aliphatic hydroxyl groups is 1. The molecule has 0 radical (unpaired) electrons. The summed E-state index contributed by atoms with van der Waals surface area (Å²) in [5, 5.41) is 10.0. The first-order chi connectivity index (χ1) is 9.88. The molecular weight excluding hydrogens is 277 g/mol. The van der Waals surface area contributed by atoms with Crippen LogP contribution >= 0.6 is 0 Å². The van der Waals surface area contributed by atoms with Crippen LogP contribution in [0.4, 0.5) is 13.2 Å². The number of hydrogen-bond acceptors (Lipinski definition) is 1. The van der Waals surface area contributed by atoms with Gasteiger partial charge in [0.25, 0.3) is 0 Å². The summed E-state index contributed by atoms with van der Waals surface area (Å²) in [6.45, 7) is 4.14. The van der Waals surface area contributed by atoms with Gasteiger partial charge in [-0.2, -0.15) is 0 Å². The smallest absolute Gasteiger partial charge is 0.161 e. The second-order valence-electron chi connectivity index (χ2n) is 5.40. The number of benzene rings is 2. The van der Waals surface area contributed by atoms with E-state index in [9.17, 15) is 18.3 Å². The zero-order chi connectivity index (χ0) is 15.6. The molecule has 1 atom stereocenters. The highest BCUT2D eigenvalue weighted by Crippen LogP contribution is 2.24. The SMILES string of the molecule is CC(C)c1ccc(CC(O)c2cc(F)c(F)cc2F)cc1. The maximum atomic E-state index is 13.6. The minimum absolute atomic E-state index is 0.139. The van der Waals surface area contributed by atoms with Crippen molar-refractivity contribution < 1.29 is 18.3 Å². The summed E-state index contributed by atoms with van der Waals surface area (Å²) < 4.78 is 39.6. The van der Waals surface area contributed by atoms with E-state index in [4.69, 9.17) is 0 Å². The van der Waals surface area contributed by atoms with E-state index in [0.29, 0.717) is 18.1 Å². The fourth-order valence-corrected chi connectivity index (χ4v) is 2.17. The molecule has 0 amide bonds. The summed E-state index contributed by atoms with van der Waals surface area (Å²) in [6, 6.07) is 8.73. The summed E-state index contributed by atoms with van der Waals surface area (Å²) in [5.74, 6) is -2.97. The molecule has 1 unspecified atom stereocenters. The van der Waals surface area contributed by atoms with Crippen molar-refractivity contribution in [2.24, 2.45) is 0 Å². The fraction of sp³-hybridized carbons (Fsp3) is 0.294. The zero-order valence-electron chi connectivity index (χ0n) is 11.9. The first kappa shape index (κ1) is 15.6. The quantitative estimate of drug-likeness (QED) is 0.823. The average molecular weight is 294 g/mol. The molecule has 1 N–H and O–H groups in total. The van der Waals surface area contributed by atoms with Crippen molar-refractivity contribution in [2.75, 3.05) is 0 Å². The Balaban J connectivity index is 2.17. The van der Waals surface area contributed by atoms with E-state index < -0.39 is 23.6 Å². The second kappa shape index (κ2) is 6.31. The van der Waals surface area contributed by atoms with Crippen LogP contribution in [-0.4, -0.2) is 5.11 Å². The van der Waals surface area contributed by atoms with Gasteiger partial charge < -0.3 is 5.11 Å². The van der Waals surface area contributed by atoms with Crippen molar-refractivity contribution in [3.8, 4) is 0 Å². The van der Waals surface area contributed by atoms with Crippen LogP contribution in [0.25, 0.3) is 0 Å². The third kappa shape index (κ3) is 3.64. The van der Waals surface area contributed by atoms with Gasteiger partial charge in [0.2, 0.25) is 0 Å². The van der Waals surface area contributed by atoms with Crippen molar-refractivity contribution >= 4 is 0 Å². The minimum atomic E-state index is -1.26. The third-order valence-corrected chi connectivity index (χ3v) is 3.47. The Morgan fingerprint density at radius 1 is 0.905 bits per heavy atom. The van der Waals surface area contributed by atoms with Crippen LogP contribution in [-0.2, 0) is 6.42 Å². The Morgan fingerprint density at radius 3 is 2.05 bits per heavy atom. The van der Waals surface area contributed by atoms with Crippen LogP contribution < -0.4 is 0 Å². The molecule has 0 aromatic heterocycles. The number of rotatable bonds is 4. The van der Waals surface area contributed by atoms with Crippen molar-refractivity contribution in [1.29, 1.82) is 0 Å². The maximum Gasteiger partial charge on any atom is 0.161 e. The van der Waals surface area contributed by atoms with Crippen LogP contribution in [0.5, 0.6) is 0 Å². The molecule has 0 spiro atoms. The Morgan fingerprint density at radius 2 is 1.48 bits per heavy atom. The average Bonchev–Trinajstić information content (AvgIpc) is 2.43. The van der Waals surface area contributed by atoms with E-state index >= 15 is 0 Å². The maximum absolute atomic E-state index is 13.6. The van der Waals surface area contributed by atoms with Crippen molar-refractivity contribution in [3.63, 3.8) is 0 Å². The van der Waals surface area contributed by atoms with E-state index in [1.807, 2.05) is 24.3 Å². The lowest BCUT2D eigenvalue weighted by atomic mass is 9.97. The molecule has 0 aliphatic rings. The molecule has 0 bridgehead atoms. The highest BCUT2D eigenvalue weighted by molar-refractivity contribution is 5.28. The lowest BCUT2D eigenvalue weighted by Gasteiger charge is -2.13. The Bertz CT molecular complexity index is 621. The molecule has 0 aliphatic carbocycles. The monoisotopic (exact) mass is 294 g/mol. The summed E-state index contributed by atoms with van der Waals surface area (Å²) in [6.07, 6.45) is -1.08. The molecule has 2 aromatic carbocycles. The number of hydrogen-bond donors (Lipinski definition) is 1. The van der Waals surface area contributed by atoms with Crippen LogP contribution in [0.3, 0.4) is 0 Å². The molecule has 2 aromatic rings. The van der Waals surface area contributed by atoms with E-state index in [0.717, 1.165) is 11.1 Å². The van der Waals surface area contributed by atoms with E-state index in [-0.39, 0.29) is 12.0 Å². The van der Waals surface area contributed by atoms with Gasteiger partial charge in [-0.25, -0.2) is 13.2 Å². The third-order valence-electron chi connectivity index (χ3n) is 3.47. The lowest BCUT2D eigenvalue weighted by Crippen LogP contribution is -2.06. The van der Waals surface area contributed by atoms with Gasteiger partial charge in [0.1, 0.15) is 5.82 Å². The van der Waals surface area contributed by atoms with E-state index in [1.165, 1.54) is 0 Å². The molecule has 2 rings (SSSR count). The summed E-state index contributed by atoms with van der Waals surface area (Å²) in [4.78, 5) is 0. The molecule has 0 saturated heterocycles. The highest BCUT2D eigenvalue weighted by Gasteiger charge is 2.17. The topological polar surface area (TPSA) is 20.2 Å². The largest absolute Gasteiger partial charge is 0.388 e. The summed E-state index contributed by atoms with van der Waals surface area (Å²) in [5.41, 5.74) is 1.73. The molecule has 1 nitrogen and oxygen atoms in total. The second-order valence-corrected chi connectivity index (χ2v) is 5.40. The fourth-order valence-electron chi connectivity index (χ4n) is 2.17. The molecule has 0 saturated carbocycles. The number of aliphatic hydroxyl groups excluding tert-OH is 1. The molecule has 21 heavy (non-hydrogen) atoms.